The van der Waals surface area contributed by atoms with E-state index in [1.54, 1.807) is 23.0 Å². The van der Waals surface area contributed by atoms with Crippen LogP contribution < -0.4 is 5.32 Å². The molecule has 1 amide bonds. The Kier molecular flexibility index (Phi) is 3.00. The highest BCUT2D eigenvalue weighted by molar-refractivity contribution is 5.92. The first kappa shape index (κ1) is 10.4. The summed E-state index contributed by atoms with van der Waals surface area (Å²) in [5.41, 5.74) is 1.65. The molecule has 16 heavy (non-hydrogen) atoms. The highest BCUT2D eigenvalue weighted by Gasteiger charge is 2.07. The fourth-order valence-electron chi connectivity index (χ4n) is 1.47. The summed E-state index contributed by atoms with van der Waals surface area (Å²) in [6, 6.07) is 7.42. The van der Waals surface area contributed by atoms with E-state index < -0.39 is 0 Å². The van der Waals surface area contributed by atoms with Crippen LogP contribution in [0.4, 0.5) is 0 Å². The maximum Gasteiger partial charge on any atom is 0.268 e. The molecule has 0 aliphatic heterocycles. The predicted molar refractivity (Wildman–Crippen MR) is 60.8 cm³/mol. The maximum absolute atomic E-state index is 11.7. The number of carbonyl (C=O) groups is 1. The van der Waals surface area contributed by atoms with Crippen LogP contribution in [0.15, 0.2) is 42.9 Å². The molecule has 82 valence electrons. The molecule has 4 nitrogen and oxygen atoms in total. The van der Waals surface area contributed by atoms with E-state index in [1.165, 1.54) is 0 Å². The van der Waals surface area contributed by atoms with Crippen molar-refractivity contribution in [2.45, 2.75) is 6.54 Å². The number of hydrogen-bond acceptors (Lipinski definition) is 2. The molecule has 0 aromatic carbocycles. The molecule has 0 spiro atoms. The van der Waals surface area contributed by atoms with E-state index in [1.807, 2.05) is 31.4 Å². The minimum absolute atomic E-state index is 0.0728. The van der Waals surface area contributed by atoms with Crippen LogP contribution in [0.3, 0.4) is 0 Å². The van der Waals surface area contributed by atoms with Crippen LogP contribution in [0.1, 0.15) is 16.1 Å². The van der Waals surface area contributed by atoms with Gasteiger partial charge in [0.2, 0.25) is 0 Å². The van der Waals surface area contributed by atoms with E-state index >= 15 is 0 Å². The van der Waals surface area contributed by atoms with Gasteiger partial charge in [-0.3, -0.25) is 9.78 Å². The standard InChI is InChI=1S/C12H13N3O/c1-15-7-3-5-11(15)12(16)14-9-10-4-2-6-13-8-10/h2-8H,9H2,1H3,(H,14,16). The second kappa shape index (κ2) is 4.61. The van der Waals surface area contributed by atoms with E-state index in [0.717, 1.165) is 5.56 Å². The Hall–Kier alpha value is -2.10. The monoisotopic (exact) mass is 215 g/mol. The molecule has 0 atom stereocenters. The number of amides is 1. The lowest BCUT2D eigenvalue weighted by atomic mass is 10.3. The van der Waals surface area contributed by atoms with E-state index in [-0.39, 0.29) is 5.91 Å². The van der Waals surface area contributed by atoms with Crippen LogP contribution in [-0.4, -0.2) is 15.5 Å². The van der Waals surface area contributed by atoms with Crippen LogP contribution in [0.2, 0.25) is 0 Å². The molecule has 0 saturated carbocycles. The first-order valence-corrected chi connectivity index (χ1v) is 5.06. The Balaban J connectivity index is 1.97. The summed E-state index contributed by atoms with van der Waals surface area (Å²) < 4.78 is 1.79. The van der Waals surface area contributed by atoms with Crippen LogP contribution in [0.25, 0.3) is 0 Å². The Labute approximate surface area is 93.9 Å². The number of aromatic nitrogens is 2. The maximum atomic E-state index is 11.7. The highest BCUT2D eigenvalue weighted by Crippen LogP contribution is 2.00. The van der Waals surface area contributed by atoms with Crippen LogP contribution >= 0.6 is 0 Å². The molecule has 2 heterocycles. The van der Waals surface area contributed by atoms with Gasteiger partial charge in [0.15, 0.2) is 0 Å². The number of hydrogen-bond donors (Lipinski definition) is 1. The molecule has 0 unspecified atom stereocenters. The SMILES string of the molecule is Cn1cccc1C(=O)NCc1cccnc1. The molecule has 2 aromatic heterocycles. The Morgan fingerprint density at radius 2 is 2.31 bits per heavy atom. The second-order valence-electron chi connectivity index (χ2n) is 3.55. The van der Waals surface area contributed by atoms with E-state index in [0.29, 0.717) is 12.2 Å². The van der Waals surface area contributed by atoms with Crippen molar-refractivity contribution in [2.24, 2.45) is 7.05 Å². The van der Waals surface area contributed by atoms with Gasteiger partial charge in [-0.1, -0.05) is 6.07 Å². The van der Waals surface area contributed by atoms with Crippen molar-refractivity contribution >= 4 is 5.91 Å². The summed E-state index contributed by atoms with van der Waals surface area (Å²) in [4.78, 5) is 15.7. The molecule has 2 rings (SSSR count). The third-order valence-electron chi connectivity index (χ3n) is 2.35. The van der Waals surface area contributed by atoms with Gasteiger partial charge in [-0.2, -0.15) is 0 Å². The van der Waals surface area contributed by atoms with Crippen LogP contribution in [-0.2, 0) is 13.6 Å². The van der Waals surface area contributed by atoms with Crippen molar-refractivity contribution in [1.82, 2.24) is 14.9 Å². The third kappa shape index (κ3) is 2.28. The number of rotatable bonds is 3. The molecule has 0 aliphatic carbocycles. The fraction of sp³-hybridized carbons (Fsp3) is 0.167. The Morgan fingerprint density at radius 1 is 1.44 bits per heavy atom. The molecular formula is C12H13N3O. The smallest absolute Gasteiger partial charge is 0.268 e. The normalized spacial score (nSPS) is 10.1. The number of aryl methyl sites for hydroxylation is 1. The summed E-state index contributed by atoms with van der Waals surface area (Å²) >= 11 is 0. The lowest BCUT2D eigenvalue weighted by Gasteiger charge is -2.05. The fourth-order valence-corrected chi connectivity index (χ4v) is 1.47. The van der Waals surface area contributed by atoms with Gasteiger partial charge in [0.05, 0.1) is 0 Å². The zero-order valence-electron chi connectivity index (χ0n) is 9.05. The van der Waals surface area contributed by atoms with Crippen molar-refractivity contribution in [3.8, 4) is 0 Å². The molecular weight excluding hydrogens is 202 g/mol. The van der Waals surface area contributed by atoms with Crippen molar-refractivity contribution < 1.29 is 4.79 Å². The number of pyridine rings is 1. The van der Waals surface area contributed by atoms with Crippen molar-refractivity contribution in [2.75, 3.05) is 0 Å². The Morgan fingerprint density at radius 3 is 2.94 bits per heavy atom. The van der Waals surface area contributed by atoms with Gasteiger partial charge in [-0.05, 0) is 23.8 Å². The van der Waals surface area contributed by atoms with Gasteiger partial charge in [0.25, 0.3) is 5.91 Å². The zero-order chi connectivity index (χ0) is 11.4. The highest BCUT2D eigenvalue weighted by atomic mass is 16.1. The van der Waals surface area contributed by atoms with Crippen LogP contribution in [0.5, 0.6) is 0 Å². The summed E-state index contributed by atoms with van der Waals surface area (Å²) in [6.45, 7) is 0.498. The summed E-state index contributed by atoms with van der Waals surface area (Å²) in [5.74, 6) is -0.0728. The van der Waals surface area contributed by atoms with Gasteiger partial charge >= 0.3 is 0 Å². The molecule has 0 fully saturated rings. The van der Waals surface area contributed by atoms with Crippen LogP contribution in [0, 0.1) is 0 Å². The number of nitrogens with one attached hydrogen (secondary N) is 1. The minimum Gasteiger partial charge on any atom is -0.347 e. The van der Waals surface area contributed by atoms with Gasteiger partial charge in [-0.25, -0.2) is 0 Å². The largest absolute Gasteiger partial charge is 0.347 e. The molecule has 0 saturated heterocycles. The summed E-state index contributed by atoms with van der Waals surface area (Å²) in [5, 5.41) is 2.84. The van der Waals surface area contributed by atoms with Crippen molar-refractivity contribution in [3.05, 3.63) is 54.1 Å². The Bertz CT molecular complexity index is 476. The van der Waals surface area contributed by atoms with E-state index in [4.69, 9.17) is 0 Å². The van der Waals surface area contributed by atoms with Gasteiger partial charge in [0.1, 0.15) is 5.69 Å². The quantitative estimate of drug-likeness (QED) is 0.840. The summed E-state index contributed by atoms with van der Waals surface area (Å²) in [7, 11) is 1.85. The number of carbonyl (C=O) groups excluding carboxylic acids is 1. The lowest BCUT2D eigenvalue weighted by Crippen LogP contribution is -2.24. The number of nitrogens with zero attached hydrogens (tertiary/aromatic N) is 2. The minimum atomic E-state index is -0.0728. The molecule has 4 heteroatoms. The molecule has 0 radical (unpaired) electrons. The van der Waals surface area contributed by atoms with E-state index in [2.05, 4.69) is 10.3 Å². The first-order valence-electron chi connectivity index (χ1n) is 5.06. The molecule has 2 aromatic rings. The van der Waals surface area contributed by atoms with Gasteiger partial charge in [0, 0.05) is 32.2 Å². The molecule has 0 aliphatic rings. The van der Waals surface area contributed by atoms with E-state index in [9.17, 15) is 4.79 Å². The van der Waals surface area contributed by atoms with Crippen molar-refractivity contribution in [3.63, 3.8) is 0 Å². The first-order chi connectivity index (χ1) is 7.77. The third-order valence-corrected chi connectivity index (χ3v) is 2.35. The van der Waals surface area contributed by atoms with Gasteiger partial charge < -0.3 is 9.88 Å². The topological polar surface area (TPSA) is 46.9 Å². The average molecular weight is 215 g/mol. The average Bonchev–Trinajstić information content (AvgIpc) is 2.74. The zero-order valence-corrected chi connectivity index (χ0v) is 9.05. The van der Waals surface area contributed by atoms with Gasteiger partial charge in [-0.15, -0.1) is 0 Å². The van der Waals surface area contributed by atoms with Crippen molar-refractivity contribution in [1.29, 1.82) is 0 Å². The predicted octanol–water partition coefficient (Wildman–Crippen LogP) is 1.35. The molecule has 1 N–H and O–H groups in total. The lowest BCUT2D eigenvalue weighted by molar-refractivity contribution is 0.0943. The molecule has 0 bridgehead atoms. The summed E-state index contributed by atoms with van der Waals surface area (Å²) in [6.07, 6.45) is 5.30. The second-order valence-corrected chi connectivity index (χ2v) is 3.55.